The topological polar surface area (TPSA) is 20.2 Å². The number of aliphatic hydroxyl groups excluding tert-OH is 1. The number of allylic oxidation sites excluding steroid dienone is 2. The maximum absolute atomic E-state index is 7.57. The van der Waals surface area contributed by atoms with E-state index < -0.39 is 0 Å². The van der Waals surface area contributed by atoms with Gasteiger partial charge < -0.3 is 5.11 Å². The Morgan fingerprint density at radius 1 is 1.14 bits per heavy atom. The number of hydrogen-bond donors (Lipinski definition) is 1. The molecule has 0 fully saturated rings. The molecule has 78 valence electrons. The summed E-state index contributed by atoms with van der Waals surface area (Å²) in [5.74, 6) is 0. The van der Waals surface area contributed by atoms with Crippen molar-refractivity contribution in [2.45, 2.75) is 13.8 Å². The van der Waals surface area contributed by atoms with E-state index in [-0.39, 0.29) is 6.61 Å². The van der Waals surface area contributed by atoms with Crippen LogP contribution in [0.2, 0.25) is 0 Å². The summed E-state index contributed by atoms with van der Waals surface area (Å²) in [4.78, 5) is 0. The summed E-state index contributed by atoms with van der Waals surface area (Å²) in [6.07, 6.45) is 3.28. The molecule has 1 heteroatoms. The lowest BCUT2D eigenvalue weighted by molar-refractivity contribution is 0.318. The Morgan fingerprint density at radius 3 is 1.64 bits per heavy atom. The molecule has 0 spiro atoms. The van der Waals surface area contributed by atoms with E-state index in [0.717, 1.165) is 0 Å². The first-order valence-corrected chi connectivity index (χ1v) is 4.58. The van der Waals surface area contributed by atoms with Gasteiger partial charge in [-0.1, -0.05) is 61.2 Å². The highest BCUT2D eigenvalue weighted by Gasteiger charge is 1.72. The first-order chi connectivity index (χ1) is 6.72. The highest BCUT2D eigenvalue weighted by Crippen LogP contribution is 1.92. The minimum Gasteiger partial charge on any atom is -0.397 e. The molecule has 0 amide bonds. The normalized spacial score (nSPS) is 7.07. The molecular weight excluding hydrogens is 172 g/mol. The van der Waals surface area contributed by atoms with Gasteiger partial charge in [0.05, 0.1) is 0 Å². The van der Waals surface area contributed by atoms with Crippen LogP contribution in [0.1, 0.15) is 12.5 Å². The van der Waals surface area contributed by atoms with E-state index >= 15 is 0 Å². The Balaban J connectivity index is 0. The molecule has 0 bridgehead atoms. The third kappa shape index (κ3) is 17.0. The van der Waals surface area contributed by atoms with E-state index in [9.17, 15) is 0 Å². The largest absolute Gasteiger partial charge is 0.397 e. The summed E-state index contributed by atoms with van der Waals surface area (Å²) in [6.45, 7) is 10.7. The van der Waals surface area contributed by atoms with Gasteiger partial charge in [-0.2, -0.15) is 0 Å². The zero-order valence-electron chi connectivity index (χ0n) is 9.11. The SMILES string of the molecule is C=CC=C.CCO.Cc1ccccc1. The Labute approximate surface area is 87.4 Å². The molecule has 1 rings (SSSR count). The lowest BCUT2D eigenvalue weighted by Gasteiger charge is -1.82. The van der Waals surface area contributed by atoms with Crippen molar-refractivity contribution in [3.8, 4) is 0 Å². The standard InChI is InChI=1S/C7H8.C4H6.C2H6O/c1-7-5-3-2-4-6-7;1-3-4-2;1-2-3/h2-6H,1H3;3-4H,1-2H2;3H,2H2,1H3. The fourth-order valence-electron chi connectivity index (χ4n) is 0.534. The second-order valence-corrected chi connectivity index (χ2v) is 2.44. The van der Waals surface area contributed by atoms with Crippen LogP contribution in [0.5, 0.6) is 0 Å². The zero-order chi connectivity index (χ0) is 11.2. The highest BCUT2D eigenvalue weighted by molar-refractivity contribution is 5.11. The van der Waals surface area contributed by atoms with E-state index in [1.807, 2.05) is 18.2 Å². The monoisotopic (exact) mass is 192 g/mol. The molecule has 0 unspecified atom stereocenters. The smallest absolute Gasteiger partial charge is 0.0402 e. The van der Waals surface area contributed by atoms with Crippen molar-refractivity contribution in [3.05, 3.63) is 61.2 Å². The molecule has 1 nitrogen and oxygen atoms in total. The zero-order valence-corrected chi connectivity index (χ0v) is 9.11. The van der Waals surface area contributed by atoms with Gasteiger partial charge in [-0.15, -0.1) is 0 Å². The minimum atomic E-state index is 0.250. The number of hydrogen-bond acceptors (Lipinski definition) is 1. The fourth-order valence-corrected chi connectivity index (χ4v) is 0.534. The van der Waals surface area contributed by atoms with Crippen LogP contribution in [-0.4, -0.2) is 11.7 Å². The van der Waals surface area contributed by atoms with E-state index in [1.165, 1.54) is 5.56 Å². The second kappa shape index (κ2) is 14.2. The molecule has 14 heavy (non-hydrogen) atoms. The number of aliphatic hydroxyl groups is 1. The molecule has 1 aromatic rings. The minimum absolute atomic E-state index is 0.250. The van der Waals surface area contributed by atoms with Crippen molar-refractivity contribution in [1.29, 1.82) is 0 Å². The summed E-state index contributed by atoms with van der Waals surface area (Å²) in [5.41, 5.74) is 1.32. The first kappa shape index (κ1) is 15.1. The van der Waals surface area contributed by atoms with Crippen LogP contribution in [0.3, 0.4) is 0 Å². The Kier molecular flexibility index (Phi) is 15.4. The molecule has 0 atom stereocenters. The molecule has 0 aromatic heterocycles. The molecule has 0 heterocycles. The molecule has 1 N–H and O–H groups in total. The molecule has 0 radical (unpaired) electrons. The van der Waals surface area contributed by atoms with Crippen LogP contribution in [0.15, 0.2) is 55.6 Å². The van der Waals surface area contributed by atoms with E-state index in [2.05, 4.69) is 32.2 Å². The maximum atomic E-state index is 7.57. The van der Waals surface area contributed by atoms with E-state index in [0.29, 0.717) is 0 Å². The molecule has 0 aliphatic rings. The summed E-state index contributed by atoms with van der Waals surface area (Å²) in [7, 11) is 0. The van der Waals surface area contributed by atoms with Crippen molar-refractivity contribution in [3.63, 3.8) is 0 Å². The van der Waals surface area contributed by atoms with Crippen LogP contribution in [0.25, 0.3) is 0 Å². The van der Waals surface area contributed by atoms with Crippen LogP contribution in [-0.2, 0) is 0 Å². The van der Waals surface area contributed by atoms with Gasteiger partial charge in [0.1, 0.15) is 0 Å². The van der Waals surface area contributed by atoms with Crippen LogP contribution >= 0.6 is 0 Å². The molecule has 1 aromatic carbocycles. The second-order valence-electron chi connectivity index (χ2n) is 2.44. The van der Waals surface area contributed by atoms with Gasteiger partial charge in [0.15, 0.2) is 0 Å². The lowest BCUT2D eigenvalue weighted by atomic mass is 10.2. The van der Waals surface area contributed by atoms with Crippen molar-refractivity contribution in [2.24, 2.45) is 0 Å². The summed E-state index contributed by atoms with van der Waals surface area (Å²) >= 11 is 0. The van der Waals surface area contributed by atoms with Gasteiger partial charge in [-0.3, -0.25) is 0 Å². The van der Waals surface area contributed by atoms with E-state index in [1.54, 1.807) is 19.1 Å². The van der Waals surface area contributed by atoms with Crippen LogP contribution in [0, 0.1) is 6.92 Å². The molecule has 0 saturated carbocycles. The van der Waals surface area contributed by atoms with Crippen molar-refractivity contribution >= 4 is 0 Å². The highest BCUT2D eigenvalue weighted by atomic mass is 16.2. The van der Waals surface area contributed by atoms with Crippen LogP contribution in [0.4, 0.5) is 0 Å². The van der Waals surface area contributed by atoms with Gasteiger partial charge in [0, 0.05) is 6.61 Å². The van der Waals surface area contributed by atoms with E-state index in [4.69, 9.17) is 5.11 Å². The third-order valence-corrected chi connectivity index (χ3v) is 1.11. The average Bonchev–Trinajstić information content (AvgIpc) is 2.21. The Bertz CT molecular complexity index is 208. The predicted molar refractivity (Wildman–Crippen MR) is 64.3 cm³/mol. The number of benzene rings is 1. The quantitative estimate of drug-likeness (QED) is 0.676. The fraction of sp³-hybridized carbons (Fsp3) is 0.231. The summed E-state index contributed by atoms with van der Waals surface area (Å²) in [6, 6.07) is 10.3. The van der Waals surface area contributed by atoms with Gasteiger partial charge in [0.2, 0.25) is 0 Å². The van der Waals surface area contributed by atoms with Crippen molar-refractivity contribution in [1.82, 2.24) is 0 Å². The molecule has 0 saturated heterocycles. The molecule has 0 aliphatic carbocycles. The summed E-state index contributed by atoms with van der Waals surface area (Å²) < 4.78 is 0. The molecule has 0 aliphatic heterocycles. The average molecular weight is 192 g/mol. The Morgan fingerprint density at radius 2 is 1.50 bits per heavy atom. The Hall–Kier alpha value is -1.34. The lowest BCUT2D eigenvalue weighted by Crippen LogP contribution is -1.62. The van der Waals surface area contributed by atoms with Crippen molar-refractivity contribution in [2.75, 3.05) is 6.61 Å². The van der Waals surface area contributed by atoms with Gasteiger partial charge in [-0.05, 0) is 13.8 Å². The van der Waals surface area contributed by atoms with Gasteiger partial charge in [-0.25, -0.2) is 0 Å². The van der Waals surface area contributed by atoms with Gasteiger partial charge in [0.25, 0.3) is 0 Å². The number of rotatable bonds is 1. The predicted octanol–water partition coefficient (Wildman–Crippen LogP) is 3.35. The van der Waals surface area contributed by atoms with Gasteiger partial charge >= 0.3 is 0 Å². The maximum Gasteiger partial charge on any atom is 0.0402 e. The third-order valence-electron chi connectivity index (χ3n) is 1.11. The van der Waals surface area contributed by atoms with Crippen LogP contribution < -0.4 is 0 Å². The first-order valence-electron chi connectivity index (χ1n) is 4.58. The number of aryl methyl sites for hydroxylation is 1. The summed E-state index contributed by atoms with van der Waals surface area (Å²) in [5, 5.41) is 7.57. The van der Waals surface area contributed by atoms with Crippen molar-refractivity contribution < 1.29 is 5.11 Å². The molecular formula is C13H20O.